The molecule has 0 amide bonds. The van der Waals surface area contributed by atoms with Crippen molar-refractivity contribution in [2.75, 3.05) is 0 Å². The Kier molecular flexibility index (Phi) is 3.18. The summed E-state index contributed by atoms with van der Waals surface area (Å²) in [5, 5.41) is 10.1. The number of hydrogen-bond acceptors (Lipinski definition) is 1. The molecule has 0 spiro atoms. The maximum atomic E-state index is 10.9. The number of carbonyl (C=O) groups is 1. The summed E-state index contributed by atoms with van der Waals surface area (Å²) in [7, 11) is 0. The van der Waals surface area contributed by atoms with Gasteiger partial charge in [0.05, 0.1) is 6.42 Å². The van der Waals surface area contributed by atoms with E-state index in [-0.39, 0.29) is 12.3 Å². The summed E-state index contributed by atoms with van der Waals surface area (Å²) in [6.07, 6.45) is 2.12. The SMILES string of the molecule is CC(C)[C@H](CC(=O)O)c1c[nH]c2ccccc12. The van der Waals surface area contributed by atoms with Crippen LogP contribution in [0, 0.1) is 5.92 Å². The number of carboxylic acids is 1. The molecule has 2 N–H and O–H groups in total. The third-order valence-electron chi connectivity index (χ3n) is 3.22. The van der Waals surface area contributed by atoms with Crippen LogP contribution in [-0.2, 0) is 4.79 Å². The molecule has 1 atom stereocenters. The number of para-hydroxylation sites is 1. The van der Waals surface area contributed by atoms with Gasteiger partial charge in [-0.1, -0.05) is 32.0 Å². The predicted octanol–water partition coefficient (Wildman–Crippen LogP) is 3.38. The molecule has 1 heterocycles. The van der Waals surface area contributed by atoms with Gasteiger partial charge in [0.15, 0.2) is 0 Å². The molecule has 0 aliphatic heterocycles. The lowest BCUT2D eigenvalue weighted by Crippen LogP contribution is -2.11. The molecule has 3 nitrogen and oxygen atoms in total. The van der Waals surface area contributed by atoms with E-state index < -0.39 is 5.97 Å². The van der Waals surface area contributed by atoms with E-state index in [2.05, 4.69) is 18.8 Å². The number of rotatable bonds is 4. The highest BCUT2D eigenvalue weighted by atomic mass is 16.4. The number of carboxylic acid groups (broad SMARTS) is 1. The maximum absolute atomic E-state index is 10.9. The van der Waals surface area contributed by atoms with Crippen LogP contribution in [0.1, 0.15) is 31.7 Å². The molecule has 0 bridgehead atoms. The molecule has 3 heteroatoms. The molecular formula is C14H17NO2. The first kappa shape index (κ1) is 11.7. The number of benzene rings is 1. The fourth-order valence-corrected chi connectivity index (χ4v) is 2.29. The third kappa shape index (κ3) is 2.33. The molecule has 2 rings (SSSR count). The van der Waals surface area contributed by atoms with E-state index in [9.17, 15) is 4.79 Å². The van der Waals surface area contributed by atoms with Crippen LogP contribution >= 0.6 is 0 Å². The Hall–Kier alpha value is -1.77. The van der Waals surface area contributed by atoms with Crippen LogP contribution in [0.3, 0.4) is 0 Å². The van der Waals surface area contributed by atoms with Crippen molar-refractivity contribution < 1.29 is 9.90 Å². The summed E-state index contributed by atoms with van der Waals surface area (Å²) >= 11 is 0. The number of hydrogen-bond donors (Lipinski definition) is 2. The summed E-state index contributed by atoms with van der Waals surface area (Å²) in [5.41, 5.74) is 2.18. The number of aliphatic carboxylic acids is 1. The van der Waals surface area contributed by atoms with Gasteiger partial charge in [-0.05, 0) is 23.5 Å². The van der Waals surface area contributed by atoms with Crippen LogP contribution in [0.4, 0.5) is 0 Å². The second-order valence-corrected chi connectivity index (χ2v) is 4.74. The third-order valence-corrected chi connectivity index (χ3v) is 3.22. The van der Waals surface area contributed by atoms with Gasteiger partial charge in [0, 0.05) is 17.1 Å². The van der Waals surface area contributed by atoms with Gasteiger partial charge in [0.25, 0.3) is 0 Å². The number of nitrogens with one attached hydrogen (secondary N) is 1. The van der Waals surface area contributed by atoms with Crippen molar-refractivity contribution in [1.82, 2.24) is 4.98 Å². The first-order chi connectivity index (χ1) is 8.09. The van der Waals surface area contributed by atoms with Crippen LogP contribution < -0.4 is 0 Å². The highest BCUT2D eigenvalue weighted by Crippen LogP contribution is 2.33. The molecule has 0 saturated carbocycles. The predicted molar refractivity (Wildman–Crippen MR) is 68.1 cm³/mol. The summed E-state index contributed by atoms with van der Waals surface area (Å²) in [6, 6.07) is 8.01. The maximum Gasteiger partial charge on any atom is 0.303 e. The Balaban J connectivity index is 2.45. The van der Waals surface area contributed by atoms with E-state index in [1.807, 2.05) is 30.5 Å². The molecule has 1 aromatic carbocycles. The second kappa shape index (κ2) is 4.62. The summed E-state index contributed by atoms with van der Waals surface area (Å²) in [5.74, 6) is -0.372. The van der Waals surface area contributed by atoms with E-state index in [0.29, 0.717) is 5.92 Å². The van der Waals surface area contributed by atoms with Crippen molar-refractivity contribution in [1.29, 1.82) is 0 Å². The minimum atomic E-state index is -0.742. The molecule has 0 aliphatic rings. The van der Waals surface area contributed by atoms with Gasteiger partial charge in [0.1, 0.15) is 0 Å². The van der Waals surface area contributed by atoms with Crippen molar-refractivity contribution in [3.05, 3.63) is 36.0 Å². The van der Waals surface area contributed by atoms with Crippen molar-refractivity contribution in [2.24, 2.45) is 5.92 Å². The zero-order valence-electron chi connectivity index (χ0n) is 10.1. The Morgan fingerprint density at radius 1 is 1.35 bits per heavy atom. The van der Waals surface area contributed by atoms with Gasteiger partial charge < -0.3 is 10.1 Å². The normalized spacial score (nSPS) is 13.1. The molecule has 0 saturated heterocycles. The summed E-state index contributed by atoms with van der Waals surface area (Å²) < 4.78 is 0. The molecular weight excluding hydrogens is 214 g/mol. The minimum absolute atomic E-state index is 0.0589. The summed E-state index contributed by atoms with van der Waals surface area (Å²) in [6.45, 7) is 4.13. The molecule has 0 radical (unpaired) electrons. The topological polar surface area (TPSA) is 53.1 Å². The van der Waals surface area contributed by atoms with Crippen LogP contribution in [0.15, 0.2) is 30.5 Å². The highest BCUT2D eigenvalue weighted by molar-refractivity contribution is 5.84. The molecule has 0 aliphatic carbocycles. The van der Waals surface area contributed by atoms with Gasteiger partial charge in [-0.3, -0.25) is 4.79 Å². The van der Waals surface area contributed by atoms with Crippen LogP contribution in [0.25, 0.3) is 10.9 Å². The van der Waals surface area contributed by atoms with Gasteiger partial charge >= 0.3 is 5.97 Å². The first-order valence-corrected chi connectivity index (χ1v) is 5.87. The van der Waals surface area contributed by atoms with E-state index in [4.69, 9.17) is 5.11 Å². The van der Waals surface area contributed by atoms with E-state index in [1.54, 1.807) is 0 Å². The quantitative estimate of drug-likeness (QED) is 0.847. The molecule has 1 aromatic heterocycles. The number of H-pyrrole nitrogens is 1. The number of aromatic amines is 1. The smallest absolute Gasteiger partial charge is 0.303 e. The largest absolute Gasteiger partial charge is 0.481 e. The number of fused-ring (bicyclic) bond motifs is 1. The summed E-state index contributed by atoms with van der Waals surface area (Å²) in [4.78, 5) is 14.1. The zero-order chi connectivity index (χ0) is 12.4. The average Bonchev–Trinajstić information content (AvgIpc) is 2.69. The van der Waals surface area contributed by atoms with Crippen molar-refractivity contribution in [3.63, 3.8) is 0 Å². The molecule has 2 aromatic rings. The fourth-order valence-electron chi connectivity index (χ4n) is 2.29. The zero-order valence-corrected chi connectivity index (χ0v) is 10.1. The van der Waals surface area contributed by atoms with Gasteiger partial charge in [-0.2, -0.15) is 0 Å². The molecule has 0 fully saturated rings. The van der Waals surface area contributed by atoms with Crippen LogP contribution in [0.5, 0.6) is 0 Å². The lowest BCUT2D eigenvalue weighted by atomic mass is 9.85. The molecule has 17 heavy (non-hydrogen) atoms. The van der Waals surface area contributed by atoms with Crippen LogP contribution in [0.2, 0.25) is 0 Å². The van der Waals surface area contributed by atoms with Crippen molar-refractivity contribution in [2.45, 2.75) is 26.2 Å². The van der Waals surface area contributed by atoms with Crippen LogP contribution in [-0.4, -0.2) is 16.1 Å². The Bertz CT molecular complexity index is 528. The van der Waals surface area contributed by atoms with Gasteiger partial charge in [-0.25, -0.2) is 0 Å². The van der Waals surface area contributed by atoms with E-state index in [0.717, 1.165) is 16.5 Å². The lowest BCUT2D eigenvalue weighted by Gasteiger charge is -2.18. The average molecular weight is 231 g/mol. The minimum Gasteiger partial charge on any atom is -0.481 e. The van der Waals surface area contributed by atoms with Gasteiger partial charge in [0.2, 0.25) is 0 Å². The first-order valence-electron chi connectivity index (χ1n) is 5.87. The lowest BCUT2D eigenvalue weighted by molar-refractivity contribution is -0.137. The molecule has 0 unspecified atom stereocenters. The monoisotopic (exact) mass is 231 g/mol. The van der Waals surface area contributed by atoms with E-state index >= 15 is 0 Å². The highest BCUT2D eigenvalue weighted by Gasteiger charge is 2.21. The Labute approximate surface area is 100 Å². The van der Waals surface area contributed by atoms with Gasteiger partial charge in [-0.15, -0.1) is 0 Å². The Morgan fingerprint density at radius 2 is 2.06 bits per heavy atom. The van der Waals surface area contributed by atoms with E-state index in [1.165, 1.54) is 0 Å². The number of aromatic nitrogens is 1. The Morgan fingerprint density at radius 3 is 2.71 bits per heavy atom. The standard InChI is InChI=1S/C14H17NO2/c1-9(2)11(7-14(16)17)12-8-15-13-6-4-3-5-10(12)13/h3-6,8-9,11,15H,7H2,1-2H3,(H,16,17)/t11-/m0/s1. The van der Waals surface area contributed by atoms with Crippen molar-refractivity contribution >= 4 is 16.9 Å². The van der Waals surface area contributed by atoms with Crippen molar-refractivity contribution in [3.8, 4) is 0 Å². The second-order valence-electron chi connectivity index (χ2n) is 4.74. The fraction of sp³-hybridized carbons (Fsp3) is 0.357. The molecule has 90 valence electrons.